The number of phenols is 1. The summed E-state index contributed by atoms with van der Waals surface area (Å²) in [6.45, 7) is 8.27. The van der Waals surface area contributed by atoms with Gasteiger partial charge in [0.2, 0.25) is 0 Å². The average Bonchev–Trinajstić information content (AvgIpc) is 2.97. The van der Waals surface area contributed by atoms with Crippen molar-refractivity contribution >= 4 is 16.8 Å². The molecule has 4 heteroatoms. The van der Waals surface area contributed by atoms with Gasteiger partial charge >= 0.3 is 0 Å². The van der Waals surface area contributed by atoms with E-state index in [1.54, 1.807) is 31.2 Å². The van der Waals surface area contributed by atoms with Crippen LogP contribution < -0.4 is 0 Å². The number of hydrogen-bond donors (Lipinski definition) is 1. The first-order valence-corrected chi connectivity index (χ1v) is 8.62. The molecule has 0 amide bonds. The number of aromatic hydroxyl groups is 1. The molecule has 0 bridgehead atoms. The predicted molar refractivity (Wildman–Crippen MR) is 99.1 cm³/mol. The predicted octanol–water partition coefficient (Wildman–Crippen LogP) is 4.52. The monoisotopic (exact) mass is 337 g/mol. The van der Waals surface area contributed by atoms with E-state index >= 15 is 0 Å². The molecule has 0 saturated carbocycles. The van der Waals surface area contributed by atoms with Crippen LogP contribution in [0.2, 0.25) is 0 Å². The summed E-state index contributed by atoms with van der Waals surface area (Å²) in [7, 11) is 0. The molecule has 4 nitrogen and oxygen atoms in total. The second-order valence-corrected chi connectivity index (χ2v) is 6.13. The summed E-state index contributed by atoms with van der Waals surface area (Å²) in [5.74, 6) is 0.695. The number of rotatable bonds is 6. The third kappa shape index (κ3) is 3.17. The first-order valence-electron chi connectivity index (χ1n) is 8.62. The van der Waals surface area contributed by atoms with Crippen LogP contribution in [0.15, 0.2) is 46.9 Å². The van der Waals surface area contributed by atoms with Crippen molar-refractivity contribution in [3.05, 3.63) is 64.9 Å². The Hall–Kier alpha value is -2.59. The Kier molecular flexibility index (Phi) is 4.91. The van der Waals surface area contributed by atoms with Crippen molar-refractivity contribution in [2.24, 2.45) is 0 Å². The van der Waals surface area contributed by atoms with Crippen molar-refractivity contribution in [3.8, 4) is 5.75 Å². The van der Waals surface area contributed by atoms with Gasteiger partial charge in [0.1, 0.15) is 17.1 Å². The van der Waals surface area contributed by atoms with Crippen LogP contribution in [0.3, 0.4) is 0 Å². The molecular formula is C21H23NO3. The third-order valence-electron chi connectivity index (χ3n) is 4.65. The minimum Gasteiger partial charge on any atom is -0.508 e. The largest absolute Gasteiger partial charge is 0.508 e. The lowest BCUT2D eigenvalue weighted by molar-refractivity contribution is 0.103. The number of furan rings is 1. The Bertz CT molecular complexity index is 892. The van der Waals surface area contributed by atoms with Crippen LogP contribution in [0.4, 0.5) is 0 Å². The first-order chi connectivity index (χ1) is 12.1. The summed E-state index contributed by atoms with van der Waals surface area (Å²) < 4.78 is 5.84. The molecule has 3 aromatic rings. The van der Waals surface area contributed by atoms with Crippen LogP contribution in [-0.2, 0) is 6.54 Å². The summed E-state index contributed by atoms with van der Waals surface area (Å²) in [4.78, 5) is 15.3. The van der Waals surface area contributed by atoms with E-state index in [0.29, 0.717) is 29.0 Å². The number of aryl methyl sites for hydroxylation is 1. The van der Waals surface area contributed by atoms with Gasteiger partial charge < -0.3 is 9.52 Å². The maximum atomic E-state index is 13.1. The number of nitrogens with zero attached hydrogens (tertiary/aromatic N) is 1. The van der Waals surface area contributed by atoms with Crippen molar-refractivity contribution in [1.29, 1.82) is 0 Å². The molecule has 0 unspecified atom stereocenters. The molecule has 0 aliphatic rings. The number of benzene rings is 2. The molecule has 0 saturated heterocycles. The van der Waals surface area contributed by atoms with Gasteiger partial charge in [-0.2, -0.15) is 0 Å². The van der Waals surface area contributed by atoms with E-state index in [4.69, 9.17) is 4.42 Å². The molecule has 25 heavy (non-hydrogen) atoms. The molecule has 1 N–H and O–H groups in total. The number of phenolic OH excluding ortho intramolecular Hbond substituents is 1. The van der Waals surface area contributed by atoms with E-state index in [9.17, 15) is 9.90 Å². The molecule has 0 spiro atoms. The first kappa shape index (κ1) is 17.2. The van der Waals surface area contributed by atoms with Crippen LogP contribution in [0, 0.1) is 6.92 Å². The van der Waals surface area contributed by atoms with E-state index < -0.39 is 0 Å². The van der Waals surface area contributed by atoms with Gasteiger partial charge in [0.15, 0.2) is 5.78 Å². The number of carbonyl (C=O) groups is 1. The molecule has 0 fully saturated rings. The van der Waals surface area contributed by atoms with Crippen molar-refractivity contribution in [3.63, 3.8) is 0 Å². The maximum Gasteiger partial charge on any atom is 0.197 e. The Morgan fingerprint density at radius 1 is 1.08 bits per heavy atom. The molecule has 1 aromatic heterocycles. The molecule has 130 valence electrons. The van der Waals surface area contributed by atoms with Crippen molar-refractivity contribution in [2.75, 3.05) is 13.1 Å². The van der Waals surface area contributed by atoms with Gasteiger partial charge in [-0.05, 0) is 32.1 Å². The fourth-order valence-corrected chi connectivity index (χ4v) is 3.20. The summed E-state index contributed by atoms with van der Waals surface area (Å²) in [5, 5.41) is 11.2. The van der Waals surface area contributed by atoms with Crippen LogP contribution in [-0.4, -0.2) is 28.9 Å². The van der Waals surface area contributed by atoms with E-state index in [0.717, 1.165) is 24.0 Å². The Labute approximate surface area is 147 Å². The highest BCUT2D eigenvalue weighted by Crippen LogP contribution is 2.35. The van der Waals surface area contributed by atoms with E-state index in [1.165, 1.54) is 0 Å². The fourth-order valence-electron chi connectivity index (χ4n) is 3.20. The molecule has 1 heterocycles. The lowest BCUT2D eigenvalue weighted by Crippen LogP contribution is -2.22. The van der Waals surface area contributed by atoms with Crippen molar-refractivity contribution < 1.29 is 14.3 Å². The lowest BCUT2D eigenvalue weighted by atomic mass is 9.96. The zero-order valence-corrected chi connectivity index (χ0v) is 14.9. The second kappa shape index (κ2) is 7.11. The fraction of sp³-hybridized carbons (Fsp3) is 0.286. The van der Waals surface area contributed by atoms with Crippen LogP contribution in [0.25, 0.3) is 11.0 Å². The number of hydrogen-bond acceptors (Lipinski definition) is 4. The summed E-state index contributed by atoms with van der Waals surface area (Å²) in [6, 6.07) is 12.5. The molecule has 0 radical (unpaired) electrons. The Morgan fingerprint density at radius 3 is 2.40 bits per heavy atom. The highest BCUT2D eigenvalue weighted by atomic mass is 16.3. The minimum atomic E-state index is -0.0803. The Balaban J connectivity index is 2.20. The van der Waals surface area contributed by atoms with E-state index in [-0.39, 0.29) is 11.5 Å². The van der Waals surface area contributed by atoms with Gasteiger partial charge in [0.25, 0.3) is 0 Å². The SMILES string of the molecule is CCN(CC)Cc1c(O)ccc2oc(C)c(C(=O)c3ccccc3)c12. The van der Waals surface area contributed by atoms with Gasteiger partial charge in [-0.1, -0.05) is 44.2 Å². The van der Waals surface area contributed by atoms with Gasteiger partial charge in [0, 0.05) is 23.1 Å². The minimum absolute atomic E-state index is 0.0803. The van der Waals surface area contributed by atoms with E-state index in [2.05, 4.69) is 18.7 Å². The average molecular weight is 337 g/mol. The molecule has 3 rings (SSSR count). The van der Waals surface area contributed by atoms with Crippen molar-refractivity contribution in [2.45, 2.75) is 27.3 Å². The molecule has 2 aromatic carbocycles. The maximum absolute atomic E-state index is 13.1. The quantitative estimate of drug-likeness (QED) is 0.672. The molecular weight excluding hydrogens is 314 g/mol. The summed E-state index contributed by atoms with van der Waals surface area (Å²) >= 11 is 0. The topological polar surface area (TPSA) is 53.7 Å². The normalized spacial score (nSPS) is 11.4. The zero-order valence-electron chi connectivity index (χ0n) is 14.9. The smallest absolute Gasteiger partial charge is 0.197 e. The van der Waals surface area contributed by atoms with Crippen molar-refractivity contribution in [1.82, 2.24) is 4.90 Å². The summed E-state index contributed by atoms with van der Waals surface area (Å²) in [5.41, 5.74) is 2.54. The van der Waals surface area contributed by atoms with E-state index in [1.807, 2.05) is 18.2 Å². The van der Waals surface area contributed by atoms with Crippen LogP contribution in [0.5, 0.6) is 5.75 Å². The van der Waals surface area contributed by atoms with Gasteiger partial charge in [-0.3, -0.25) is 9.69 Å². The number of ketones is 1. The second-order valence-electron chi connectivity index (χ2n) is 6.13. The number of carbonyl (C=O) groups excluding carboxylic acids is 1. The van der Waals surface area contributed by atoms with Gasteiger partial charge in [0.05, 0.1) is 5.56 Å². The lowest BCUT2D eigenvalue weighted by Gasteiger charge is -2.19. The molecule has 0 aliphatic heterocycles. The molecule has 0 aliphatic carbocycles. The van der Waals surface area contributed by atoms with Gasteiger partial charge in [-0.15, -0.1) is 0 Å². The standard InChI is InChI=1S/C21H23NO3/c1-4-22(5-2)13-16-17(23)11-12-18-20(16)19(14(3)25-18)21(24)15-9-7-6-8-10-15/h6-12,23H,4-5,13H2,1-3H3. The summed E-state index contributed by atoms with van der Waals surface area (Å²) in [6.07, 6.45) is 0. The molecule has 0 atom stereocenters. The van der Waals surface area contributed by atoms with Crippen LogP contribution in [0.1, 0.15) is 41.1 Å². The van der Waals surface area contributed by atoms with Gasteiger partial charge in [-0.25, -0.2) is 0 Å². The number of fused-ring (bicyclic) bond motifs is 1. The third-order valence-corrected chi connectivity index (χ3v) is 4.65. The zero-order chi connectivity index (χ0) is 18.0. The van der Waals surface area contributed by atoms with Crippen LogP contribution >= 0.6 is 0 Å². The Morgan fingerprint density at radius 2 is 1.76 bits per heavy atom. The highest BCUT2D eigenvalue weighted by Gasteiger charge is 2.24. The highest BCUT2D eigenvalue weighted by molar-refractivity contribution is 6.17.